The first-order valence-corrected chi connectivity index (χ1v) is 10.5. The maximum absolute atomic E-state index is 12.9. The van der Waals surface area contributed by atoms with Crippen LogP contribution in [0.5, 0.6) is 0 Å². The Morgan fingerprint density at radius 2 is 1.52 bits per heavy atom. The molecule has 13 heteroatoms. The van der Waals surface area contributed by atoms with Crippen LogP contribution in [0.4, 0.5) is 0 Å². The van der Waals surface area contributed by atoms with Crippen molar-refractivity contribution in [3.63, 3.8) is 0 Å². The number of rotatable bonds is 13. The fourth-order valence-corrected chi connectivity index (χ4v) is 2.97. The molecular formula is C20H28N4O8S. The van der Waals surface area contributed by atoms with Crippen LogP contribution in [0.25, 0.3) is 0 Å². The van der Waals surface area contributed by atoms with E-state index < -0.39 is 66.4 Å². The van der Waals surface area contributed by atoms with E-state index in [0.717, 1.165) is 0 Å². The average molecular weight is 485 g/mol. The van der Waals surface area contributed by atoms with E-state index in [1.165, 1.54) is 6.92 Å². The monoisotopic (exact) mass is 484 g/mol. The van der Waals surface area contributed by atoms with Gasteiger partial charge in [-0.15, -0.1) is 0 Å². The summed E-state index contributed by atoms with van der Waals surface area (Å²) in [5.41, 5.74) is 6.21. The zero-order chi connectivity index (χ0) is 25.1. The van der Waals surface area contributed by atoms with Gasteiger partial charge in [0.15, 0.2) is 0 Å². The minimum atomic E-state index is -1.54. The van der Waals surface area contributed by atoms with Crippen molar-refractivity contribution < 1.29 is 39.3 Å². The van der Waals surface area contributed by atoms with E-state index in [4.69, 9.17) is 15.9 Å². The fourth-order valence-electron chi connectivity index (χ4n) is 2.72. The number of nitrogens with one attached hydrogen (secondary N) is 3. The Hall–Kier alpha value is -3.16. The van der Waals surface area contributed by atoms with Gasteiger partial charge in [-0.25, -0.2) is 4.79 Å². The molecule has 0 radical (unpaired) electrons. The number of aliphatic carboxylic acids is 2. The fraction of sp³-hybridized carbons (Fsp3) is 0.450. The zero-order valence-electron chi connectivity index (χ0n) is 17.8. The summed E-state index contributed by atoms with van der Waals surface area (Å²) in [6.45, 7) is 1.22. The lowest BCUT2D eigenvalue weighted by Crippen LogP contribution is -2.60. The van der Waals surface area contributed by atoms with E-state index in [9.17, 15) is 29.1 Å². The van der Waals surface area contributed by atoms with Crippen molar-refractivity contribution in [3.8, 4) is 0 Å². The molecule has 0 aliphatic heterocycles. The highest BCUT2D eigenvalue weighted by Gasteiger charge is 2.32. The van der Waals surface area contributed by atoms with E-state index in [-0.39, 0.29) is 12.2 Å². The van der Waals surface area contributed by atoms with Crippen molar-refractivity contribution in [2.75, 3.05) is 5.75 Å². The molecule has 0 aliphatic carbocycles. The molecule has 0 aliphatic rings. The van der Waals surface area contributed by atoms with Crippen molar-refractivity contribution in [2.24, 2.45) is 5.73 Å². The Kier molecular flexibility index (Phi) is 11.3. The molecule has 33 heavy (non-hydrogen) atoms. The molecule has 0 aromatic heterocycles. The average Bonchev–Trinajstić information content (AvgIpc) is 2.74. The van der Waals surface area contributed by atoms with Crippen molar-refractivity contribution in [1.82, 2.24) is 16.0 Å². The molecule has 5 unspecified atom stereocenters. The molecule has 1 aromatic rings. The van der Waals surface area contributed by atoms with Crippen LogP contribution >= 0.6 is 12.6 Å². The van der Waals surface area contributed by atoms with Gasteiger partial charge < -0.3 is 37.0 Å². The number of aliphatic hydroxyl groups excluding tert-OH is 1. The van der Waals surface area contributed by atoms with Gasteiger partial charge in [-0.1, -0.05) is 30.3 Å². The lowest BCUT2D eigenvalue weighted by molar-refractivity contribution is -0.142. The normalized spacial score (nSPS) is 15.3. The number of thiol groups is 1. The molecular weight excluding hydrogens is 456 g/mol. The van der Waals surface area contributed by atoms with E-state index in [1.54, 1.807) is 30.3 Å². The molecule has 182 valence electrons. The summed E-state index contributed by atoms with van der Waals surface area (Å²) in [4.78, 5) is 59.7. The number of hydrogen-bond acceptors (Lipinski definition) is 8. The molecule has 5 atom stereocenters. The molecule has 12 nitrogen and oxygen atoms in total. The lowest BCUT2D eigenvalue weighted by Gasteiger charge is -2.26. The maximum Gasteiger partial charge on any atom is 0.327 e. The van der Waals surface area contributed by atoms with Crippen LogP contribution in [0.2, 0.25) is 0 Å². The smallest absolute Gasteiger partial charge is 0.327 e. The van der Waals surface area contributed by atoms with Gasteiger partial charge in [0.25, 0.3) is 0 Å². The number of carbonyl (C=O) groups excluding carboxylic acids is 3. The van der Waals surface area contributed by atoms with Crippen molar-refractivity contribution in [3.05, 3.63) is 35.9 Å². The van der Waals surface area contributed by atoms with E-state index in [0.29, 0.717) is 5.56 Å². The molecule has 0 saturated carbocycles. The third kappa shape index (κ3) is 9.47. The van der Waals surface area contributed by atoms with Crippen LogP contribution in [0.3, 0.4) is 0 Å². The number of aliphatic hydroxyl groups is 1. The molecule has 1 rings (SSSR count). The number of nitrogens with two attached hydrogens (primary N) is 1. The summed E-state index contributed by atoms with van der Waals surface area (Å²) >= 11 is 3.84. The van der Waals surface area contributed by atoms with Crippen LogP contribution in [-0.4, -0.2) is 81.0 Å². The van der Waals surface area contributed by atoms with Gasteiger partial charge in [0.2, 0.25) is 17.7 Å². The van der Waals surface area contributed by atoms with Crippen molar-refractivity contribution in [2.45, 2.75) is 50.0 Å². The minimum absolute atomic E-state index is 0.0270. The number of carbonyl (C=O) groups is 5. The number of amides is 3. The van der Waals surface area contributed by atoms with Gasteiger partial charge in [0.05, 0.1) is 18.6 Å². The first-order chi connectivity index (χ1) is 15.5. The minimum Gasteiger partial charge on any atom is -0.481 e. The van der Waals surface area contributed by atoms with Gasteiger partial charge >= 0.3 is 11.9 Å². The summed E-state index contributed by atoms with van der Waals surface area (Å²) < 4.78 is 0. The highest BCUT2D eigenvalue weighted by atomic mass is 32.1. The quantitative estimate of drug-likeness (QED) is 0.144. The van der Waals surface area contributed by atoms with Crippen LogP contribution in [0, 0.1) is 0 Å². The summed E-state index contributed by atoms with van der Waals surface area (Å²) in [7, 11) is 0. The van der Waals surface area contributed by atoms with Crippen molar-refractivity contribution in [1.29, 1.82) is 0 Å². The maximum atomic E-state index is 12.9. The molecule has 1 aromatic carbocycles. The second kappa shape index (κ2) is 13.4. The predicted molar refractivity (Wildman–Crippen MR) is 119 cm³/mol. The SMILES string of the molecule is CC(O)C(NC(=O)C(Cc1ccccc1)NC(=O)C(N)CC(=O)O)C(=O)NC(CS)C(=O)O. The standard InChI is InChI=1S/C20H28N4O8S/c1-10(25)16(19(30)23-14(9-33)20(31)32)24-18(29)13(7-11-5-3-2-4-6-11)22-17(28)12(21)8-15(26)27/h2-6,10,12-14,16,25,33H,7-9,21H2,1H3,(H,22,28)(H,23,30)(H,24,29)(H,26,27)(H,31,32). The topological polar surface area (TPSA) is 208 Å². The highest BCUT2D eigenvalue weighted by molar-refractivity contribution is 7.80. The molecule has 0 heterocycles. The third-order valence-electron chi connectivity index (χ3n) is 4.51. The number of carboxylic acids is 2. The van der Waals surface area contributed by atoms with Crippen LogP contribution in [0.15, 0.2) is 30.3 Å². The largest absolute Gasteiger partial charge is 0.481 e. The summed E-state index contributed by atoms with van der Waals surface area (Å²) in [6.07, 6.45) is -2.10. The number of carboxylic acid groups (broad SMARTS) is 2. The number of hydrogen-bond donors (Lipinski definition) is 8. The number of benzene rings is 1. The molecule has 8 N–H and O–H groups in total. The molecule has 0 spiro atoms. The Labute approximate surface area is 195 Å². The molecule has 0 saturated heterocycles. The first-order valence-electron chi connectivity index (χ1n) is 9.90. The predicted octanol–water partition coefficient (Wildman–Crippen LogP) is -2.12. The van der Waals surface area contributed by atoms with Crippen LogP contribution in [0.1, 0.15) is 18.9 Å². The van der Waals surface area contributed by atoms with E-state index in [2.05, 4.69) is 28.6 Å². The highest BCUT2D eigenvalue weighted by Crippen LogP contribution is 2.06. The third-order valence-corrected chi connectivity index (χ3v) is 4.87. The van der Waals surface area contributed by atoms with Crippen molar-refractivity contribution >= 4 is 42.3 Å². The summed E-state index contributed by atoms with van der Waals surface area (Å²) in [5, 5.41) is 34.7. The molecule has 3 amide bonds. The van der Waals surface area contributed by atoms with Crippen LogP contribution < -0.4 is 21.7 Å². The van der Waals surface area contributed by atoms with E-state index in [1.807, 2.05) is 0 Å². The Bertz CT molecular complexity index is 852. The lowest BCUT2D eigenvalue weighted by atomic mass is 10.0. The van der Waals surface area contributed by atoms with Gasteiger partial charge in [-0.3, -0.25) is 19.2 Å². The van der Waals surface area contributed by atoms with Gasteiger partial charge in [-0.2, -0.15) is 12.6 Å². The second-order valence-electron chi connectivity index (χ2n) is 7.26. The summed E-state index contributed by atoms with van der Waals surface area (Å²) in [5.74, 6) is -5.61. The first kappa shape index (κ1) is 27.9. The van der Waals surface area contributed by atoms with Gasteiger partial charge in [-0.05, 0) is 12.5 Å². The summed E-state index contributed by atoms with van der Waals surface area (Å²) in [6, 6.07) is 2.95. The Morgan fingerprint density at radius 3 is 2.00 bits per heavy atom. The molecule has 0 fully saturated rings. The molecule has 0 bridgehead atoms. The zero-order valence-corrected chi connectivity index (χ0v) is 18.7. The Balaban J connectivity index is 3.05. The van der Waals surface area contributed by atoms with Gasteiger partial charge in [0.1, 0.15) is 18.1 Å². The Morgan fingerprint density at radius 1 is 0.939 bits per heavy atom. The second-order valence-corrected chi connectivity index (χ2v) is 7.63. The van der Waals surface area contributed by atoms with Gasteiger partial charge in [0, 0.05) is 12.2 Å². The van der Waals surface area contributed by atoms with E-state index >= 15 is 0 Å². The van der Waals surface area contributed by atoms with Crippen LogP contribution in [-0.2, 0) is 30.4 Å².